The molecule has 0 saturated heterocycles. The third-order valence-electron chi connectivity index (χ3n) is 14.4. The summed E-state index contributed by atoms with van der Waals surface area (Å²) in [7, 11) is 0. The molecular formula is C65H38N4O. The molecule has 12 aromatic carbocycles. The summed E-state index contributed by atoms with van der Waals surface area (Å²) in [4.78, 5) is 16.5. The summed E-state index contributed by atoms with van der Waals surface area (Å²) in [5.74, 6) is 1.79. The van der Waals surface area contributed by atoms with E-state index < -0.39 is 0 Å². The zero-order valence-corrected chi connectivity index (χ0v) is 37.6. The lowest BCUT2D eigenvalue weighted by Crippen LogP contribution is -2.03. The first-order valence-corrected chi connectivity index (χ1v) is 23.7. The molecule has 0 aliphatic heterocycles. The maximum absolute atomic E-state index is 6.57. The average molecular weight is 891 g/mol. The van der Waals surface area contributed by atoms with Gasteiger partial charge in [-0.05, 0) is 120 Å². The van der Waals surface area contributed by atoms with Crippen molar-refractivity contribution in [3.63, 3.8) is 0 Å². The molecule has 324 valence electrons. The number of fused-ring (bicyclic) bond motifs is 13. The van der Waals surface area contributed by atoms with E-state index in [9.17, 15) is 0 Å². The lowest BCUT2D eigenvalue weighted by molar-refractivity contribution is 0.669. The van der Waals surface area contributed by atoms with Crippen molar-refractivity contribution in [1.29, 1.82) is 0 Å². The smallest absolute Gasteiger partial charge is 0.164 e. The largest absolute Gasteiger partial charge is 0.456 e. The Morgan fingerprint density at radius 2 is 0.800 bits per heavy atom. The zero-order valence-electron chi connectivity index (χ0n) is 37.6. The van der Waals surface area contributed by atoms with E-state index in [2.05, 4.69) is 223 Å². The molecule has 0 radical (unpaired) electrons. The molecule has 0 N–H and O–H groups in total. The van der Waals surface area contributed by atoms with E-state index in [1.807, 2.05) is 12.1 Å². The van der Waals surface area contributed by atoms with Crippen LogP contribution in [0.25, 0.3) is 149 Å². The minimum Gasteiger partial charge on any atom is -0.456 e. The number of hydrogen-bond donors (Lipinski definition) is 0. The van der Waals surface area contributed by atoms with Gasteiger partial charge in [0.2, 0.25) is 0 Å². The molecule has 3 aromatic heterocycles. The average Bonchev–Trinajstić information content (AvgIpc) is 3.96. The predicted octanol–water partition coefficient (Wildman–Crippen LogP) is 17.3. The summed E-state index contributed by atoms with van der Waals surface area (Å²) < 4.78 is 8.97. The molecule has 0 aliphatic carbocycles. The molecule has 0 amide bonds. The maximum Gasteiger partial charge on any atom is 0.164 e. The fourth-order valence-electron chi connectivity index (χ4n) is 11.1. The molecule has 15 rings (SSSR count). The van der Waals surface area contributed by atoms with Crippen LogP contribution in [0.2, 0.25) is 0 Å². The molecule has 15 aromatic rings. The van der Waals surface area contributed by atoms with Gasteiger partial charge in [0.05, 0.1) is 11.0 Å². The van der Waals surface area contributed by atoms with Crippen molar-refractivity contribution in [1.82, 2.24) is 19.5 Å². The number of benzene rings is 12. The van der Waals surface area contributed by atoms with E-state index in [1.165, 1.54) is 43.1 Å². The molecule has 0 spiro atoms. The highest BCUT2D eigenvalue weighted by atomic mass is 16.3. The molecule has 5 heteroatoms. The van der Waals surface area contributed by atoms with E-state index in [4.69, 9.17) is 19.4 Å². The van der Waals surface area contributed by atoms with Crippen molar-refractivity contribution in [2.75, 3.05) is 0 Å². The van der Waals surface area contributed by atoms with Crippen molar-refractivity contribution >= 4 is 97.6 Å². The molecule has 5 nitrogen and oxygen atoms in total. The molecule has 0 fully saturated rings. The van der Waals surface area contributed by atoms with Crippen LogP contribution in [0.3, 0.4) is 0 Å². The quantitative estimate of drug-likeness (QED) is 0.162. The third kappa shape index (κ3) is 5.88. The van der Waals surface area contributed by atoms with Crippen molar-refractivity contribution in [3.05, 3.63) is 231 Å². The number of hydrogen-bond acceptors (Lipinski definition) is 4. The third-order valence-corrected chi connectivity index (χ3v) is 14.4. The summed E-state index contributed by atoms with van der Waals surface area (Å²) in [6.45, 7) is 0. The Hall–Kier alpha value is -9.45. The molecular weight excluding hydrogens is 853 g/mol. The monoisotopic (exact) mass is 890 g/mol. The highest BCUT2D eigenvalue weighted by molar-refractivity contribution is 6.15. The number of aromatic nitrogens is 4. The van der Waals surface area contributed by atoms with Crippen LogP contribution in [0.4, 0.5) is 0 Å². The van der Waals surface area contributed by atoms with Crippen molar-refractivity contribution < 1.29 is 4.42 Å². The molecule has 70 heavy (non-hydrogen) atoms. The van der Waals surface area contributed by atoms with Crippen LogP contribution in [-0.2, 0) is 0 Å². The van der Waals surface area contributed by atoms with Crippen molar-refractivity contribution in [3.8, 4) is 51.0 Å². The maximum atomic E-state index is 6.57. The first-order chi connectivity index (χ1) is 34.7. The van der Waals surface area contributed by atoms with Gasteiger partial charge in [0.1, 0.15) is 11.2 Å². The van der Waals surface area contributed by atoms with E-state index in [1.54, 1.807) is 0 Å². The molecule has 0 unspecified atom stereocenters. The summed E-state index contributed by atoms with van der Waals surface area (Å²) in [6, 6.07) is 82.3. The summed E-state index contributed by atoms with van der Waals surface area (Å²) in [6.07, 6.45) is 0. The molecule has 0 bridgehead atoms. The van der Waals surface area contributed by atoms with Gasteiger partial charge in [-0.3, -0.25) is 0 Å². The van der Waals surface area contributed by atoms with E-state index >= 15 is 0 Å². The van der Waals surface area contributed by atoms with Crippen LogP contribution in [0.15, 0.2) is 235 Å². The Bertz CT molecular complexity index is 4540. The fourth-order valence-corrected chi connectivity index (χ4v) is 11.1. The Morgan fingerprint density at radius 3 is 1.49 bits per heavy atom. The van der Waals surface area contributed by atoms with Gasteiger partial charge in [0.15, 0.2) is 17.5 Å². The fraction of sp³-hybridized carbons (Fsp3) is 0. The van der Waals surface area contributed by atoms with Gasteiger partial charge in [-0.2, -0.15) is 0 Å². The van der Waals surface area contributed by atoms with Crippen LogP contribution < -0.4 is 0 Å². The number of nitrogens with zero attached hydrogens (tertiary/aromatic N) is 4. The second-order valence-electron chi connectivity index (χ2n) is 18.3. The molecule has 0 atom stereocenters. The van der Waals surface area contributed by atoms with Crippen LogP contribution in [-0.4, -0.2) is 19.5 Å². The Balaban J connectivity index is 1.02. The Morgan fingerprint density at radius 1 is 0.271 bits per heavy atom. The second kappa shape index (κ2) is 15.0. The van der Waals surface area contributed by atoms with Gasteiger partial charge in [-0.25, -0.2) is 15.0 Å². The van der Waals surface area contributed by atoms with Crippen LogP contribution in [0.1, 0.15) is 0 Å². The predicted molar refractivity (Wildman–Crippen MR) is 291 cm³/mol. The van der Waals surface area contributed by atoms with Gasteiger partial charge in [0.25, 0.3) is 0 Å². The first-order valence-electron chi connectivity index (χ1n) is 23.7. The summed E-state index contributed by atoms with van der Waals surface area (Å²) >= 11 is 0. The number of furan rings is 1. The standard InChI is InChI=1S/C65H38N4O/c1-2-16-42-36-60-58(35-41(42)15-1)51-19-7-9-25-59(51)69(60)44-30-34-56(57(38-44)43-29-33-53-52-20-8-10-26-61(52)70-62(53)37-43)65-67-63(54-23-11-21-47-45-17-5-3-13-39(45)27-31-49(47)54)66-64(68-65)55-24-12-22-48-46-18-6-4-14-40(46)28-32-50(48)55/h1-38H. The summed E-state index contributed by atoms with van der Waals surface area (Å²) in [5.41, 5.74) is 9.72. The van der Waals surface area contributed by atoms with Crippen LogP contribution in [0.5, 0.6) is 0 Å². The lowest BCUT2D eigenvalue weighted by Gasteiger charge is -2.16. The highest BCUT2D eigenvalue weighted by Crippen LogP contribution is 2.42. The number of rotatable bonds is 5. The van der Waals surface area contributed by atoms with Crippen molar-refractivity contribution in [2.24, 2.45) is 0 Å². The first kappa shape index (κ1) is 38.6. The zero-order chi connectivity index (χ0) is 45.9. The van der Waals surface area contributed by atoms with E-state index in [0.29, 0.717) is 17.5 Å². The minimum absolute atomic E-state index is 0.579. The van der Waals surface area contributed by atoms with Crippen LogP contribution >= 0.6 is 0 Å². The highest BCUT2D eigenvalue weighted by Gasteiger charge is 2.22. The lowest BCUT2D eigenvalue weighted by atomic mass is 9.96. The Kier molecular flexibility index (Phi) is 8.29. The van der Waals surface area contributed by atoms with E-state index in [0.717, 1.165) is 88.0 Å². The molecule has 0 saturated carbocycles. The van der Waals surface area contributed by atoms with E-state index in [-0.39, 0.29) is 0 Å². The van der Waals surface area contributed by atoms with Gasteiger partial charge >= 0.3 is 0 Å². The topological polar surface area (TPSA) is 56.7 Å². The SMILES string of the molecule is c1ccc2cc3c(cc2c1)c1ccccc1n3-c1ccc(-c2nc(-c3cccc4c3ccc3ccccc34)nc(-c3cccc4c3ccc3ccccc34)n2)c(-c2ccc3c(c2)oc2ccccc23)c1. The Labute approximate surface area is 401 Å². The number of para-hydroxylation sites is 2. The van der Waals surface area contributed by atoms with Crippen molar-refractivity contribution in [2.45, 2.75) is 0 Å². The summed E-state index contributed by atoms with van der Waals surface area (Å²) in [5, 5.41) is 16.2. The van der Waals surface area contributed by atoms with Gasteiger partial charge in [-0.1, -0.05) is 176 Å². The van der Waals surface area contributed by atoms with Gasteiger partial charge < -0.3 is 8.98 Å². The normalized spacial score (nSPS) is 12.0. The van der Waals surface area contributed by atoms with Gasteiger partial charge in [-0.15, -0.1) is 0 Å². The molecule has 3 heterocycles. The van der Waals surface area contributed by atoms with Gasteiger partial charge in [0, 0.05) is 43.9 Å². The minimum atomic E-state index is 0.579. The van der Waals surface area contributed by atoms with Crippen LogP contribution in [0, 0.1) is 0 Å². The molecule has 0 aliphatic rings. The second-order valence-corrected chi connectivity index (χ2v) is 18.3.